The lowest BCUT2D eigenvalue weighted by atomic mass is 10.1. The van der Waals surface area contributed by atoms with E-state index < -0.39 is 0 Å². The SMILES string of the molecule is CCCCOc1ccccc1-c1cc(C(=O)N/N=C/c2c[nH]c3ccccc23)[nH]n1. The predicted octanol–water partition coefficient (Wildman–Crippen LogP) is 4.50. The van der Waals surface area contributed by atoms with Crippen LogP contribution in [0.2, 0.25) is 0 Å². The number of aromatic amines is 2. The van der Waals surface area contributed by atoms with Crippen molar-refractivity contribution in [1.29, 1.82) is 0 Å². The molecule has 30 heavy (non-hydrogen) atoms. The summed E-state index contributed by atoms with van der Waals surface area (Å²) >= 11 is 0. The predicted molar refractivity (Wildman–Crippen MR) is 118 cm³/mol. The van der Waals surface area contributed by atoms with Gasteiger partial charge in [0.15, 0.2) is 0 Å². The van der Waals surface area contributed by atoms with Crippen molar-refractivity contribution < 1.29 is 9.53 Å². The molecule has 7 heteroatoms. The average molecular weight is 401 g/mol. The van der Waals surface area contributed by atoms with Crippen molar-refractivity contribution in [2.24, 2.45) is 5.10 Å². The Morgan fingerprint density at radius 3 is 2.93 bits per heavy atom. The molecule has 1 amide bonds. The molecule has 0 radical (unpaired) electrons. The van der Waals surface area contributed by atoms with Crippen LogP contribution in [-0.4, -0.2) is 33.9 Å². The fourth-order valence-electron chi connectivity index (χ4n) is 3.13. The number of fused-ring (bicyclic) bond motifs is 1. The van der Waals surface area contributed by atoms with E-state index in [9.17, 15) is 4.79 Å². The van der Waals surface area contributed by atoms with Gasteiger partial charge < -0.3 is 9.72 Å². The van der Waals surface area contributed by atoms with E-state index in [0.717, 1.165) is 40.6 Å². The Kier molecular flexibility index (Phi) is 5.89. The van der Waals surface area contributed by atoms with E-state index >= 15 is 0 Å². The number of H-pyrrole nitrogens is 2. The highest BCUT2D eigenvalue weighted by molar-refractivity contribution is 6.00. The number of carbonyl (C=O) groups is 1. The number of nitrogens with zero attached hydrogens (tertiary/aromatic N) is 2. The summed E-state index contributed by atoms with van der Waals surface area (Å²) in [7, 11) is 0. The fourth-order valence-corrected chi connectivity index (χ4v) is 3.13. The van der Waals surface area contributed by atoms with Crippen LogP contribution in [-0.2, 0) is 0 Å². The fraction of sp³-hybridized carbons (Fsp3) is 0.174. The van der Waals surface area contributed by atoms with E-state index in [1.807, 2.05) is 54.7 Å². The van der Waals surface area contributed by atoms with Gasteiger partial charge >= 0.3 is 0 Å². The van der Waals surface area contributed by atoms with Crippen molar-refractivity contribution in [1.82, 2.24) is 20.6 Å². The lowest BCUT2D eigenvalue weighted by Gasteiger charge is -2.09. The lowest BCUT2D eigenvalue weighted by molar-refractivity contribution is 0.0950. The molecule has 0 aliphatic rings. The second-order valence-electron chi connectivity index (χ2n) is 6.85. The first kappa shape index (κ1) is 19.4. The van der Waals surface area contributed by atoms with Gasteiger partial charge in [0.2, 0.25) is 0 Å². The standard InChI is InChI=1S/C23H23N5O2/c1-2-3-12-30-22-11-7-5-9-18(22)20-13-21(27-26-20)23(29)28-25-15-16-14-24-19-10-6-4-8-17(16)19/h4-11,13-15,24H,2-3,12H2,1H3,(H,26,27)(H,28,29)/b25-15+. The molecule has 0 atom stereocenters. The van der Waals surface area contributed by atoms with Crippen LogP contribution in [0.1, 0.15) is 35.8 Å². The first-order valence-electron chi connectivity index (χ1n) is 9.93. The summed E-state index contributed by atoms with van der Waals surface area (Å²) in [5.41, 5.74) is 6.26. The molecule has 0 saturated carbocycles. The topological polar surface area (TPSA) is 95.2 Å². The highest BCUT2D eigenvalue weighted by atomic mass is 16.5. The van der Waals surface area contributed by atoms with Crippen LogP contribution in [0.25, 0.3) is 22.2 Å². The third kappa shape index (κ3) is 4.25. The number of hydrogen-bond acceptors (Lipinski definition) is 4. The normalized spacial score (nSPS) is 11.2. The molecule has 0 aliphatic heterocycles. The Morgan fingerprint density at radius 1 is 1.20 bits per heavy atom. The van der Waals surface area contributed by atoms with Gasteiger partial charge in [0, 0.05) is 28.2 Å². The molecule has 0 bridgehead atoms. The highest BCUT2D eigenvalue weighted by Crippen LogP contribution is 2.29. The van der Waals surface area contributed by atoms with Gasteiger partial charge in [0.25, 0.3) is 5.91 Å². The minimum Gasteiger partial charge on any atom is -0.493 e. The molecule has 7 nitrogen and oxygen atoms in total. The molecule has 152 valence electrons. The van der Waals surface area contributed by atoms with Crippen LogP contribution in [0.3, 0.4) is 0 Å². The van der Waals surface area contributed by atoms with Crippen molar-refractivity contribution in [3.8, 4) is 17.0 Å². The molecule has 0 spiro atoms. The number of hydrogen-bond donors (Lipinski definition) is 3. The Bertz CT molecular complexity index is 1180. The van der Waals surface area contributed by atoms with Gasteiger partial charge in [-0.3, -0.25) is 9.89 Å². The highest BCUT2D eigenvalue weighted by Gasteiger charge is 2.13. The Balaban J connectivity index is 1.44. The van der Waals surface area contributed by atoms with Gasteiger partial charge in [0.05, 0.1) is 18.5 Å². The van der Waals surface area contributed by atoms with Gasteiger partial charge in [-0.15, -0.1) is 0 Å². The maximum atomic E-state index is 12.4. The van der Waals surface area contributed by atoms with Crippen LogP contribution >= 0.6 is 0 Å². The van der Waals surface area contributed by atoms with Crippen molar-refractivity contribution in [2.75, 3.05) is 6.61 Å². The number of benzene rings is 2. The molecule has 4 rings (SSSR count). The quantitative estimate of drug-likeness (QED) is 0.230. The molecule has 0 unspecified atom stereocenters. The number of hydrazone groups is 1. The third-order valence-corrected chi connectivity index (χ3v) is 4.73. The van der Waals surface area contributed by atoms with E-state index in [2.05, 4.69) is 32.6 Å². The molecule has 0 aliphatic carbocycles. The molecular weight excluding hydrogens is 378 g/mol. The van der Waals surface area contributed by atoms with Crippen LogP contribution in [0.15, 0.2) is 65.9 Å². The van der Waals surface area contributed by atoms with Gasteiger partial charge in [-0.2, -0.15) is 10.2 Å². The molecule has 0 saturated heterocycles. The Hall–Kier alpha value is -3.87. The van der Waals surface area contributed by atoms with E-state index in [1.165, 1.54) is 0 Å². The number of aromatic nitrogens is 3. The summed E-state index contributed by atoms with van der Waals surface area (Å²) in [6.07, 6.45) is 5.51. The second kappa shape index (κ2) is 9.09. The smallest absolute Gasteiger partial charge is 0.289 e. The number of ether oxygens (including phenoxy) is 1. The van der Waals surface area contributed by atoms with Crippen LogP contribution in [0.4, 0.5) is 0 Å². The van der Waals surface area contributed by atoms with Gasteiger partial charge in [-0.25, -0.2) is 5.43 Å². The second-order valence-corrected chi connectivity index (χ2v) is 6.85. The van der Waals surface area contributed by atoms with E-state index in [-0.39, 0.29) is 5.91 Å². The van der Waals surface area contributed by atoms with Gasteiger partial charge in [-0.05, 0) is 30.7 Å². The summed E-state index contributed by atoms with van der Waals surface area (Å²) < 4.78 is 5.86. The number of rotatable bonds is 8. The largest absolute Gasteiger partial charge is 0.493 e. The molecular formula is C23H23N5O2. The van der Waals surface area contributed by atoms with Crippen molar-refractivity contribution >= 4 is 23.0 Å². The summed E-state index contributed by atoms with van der Waals surface area (Å²) in [5, 5.41) is 12.2. The maximum Gasteiger partial charge on any atom is 0.289 e. The number of nitrogens with one attached hydrogen (secondary N) is 3. The molecule has 4 aromatic rings. The van der Waals surface area contributed by atoms with Crippen molar-refractivity contribution in [2.45, 2.75) is 19.8 Å². The molecule has 3 N–H and O–H groups in total. The molecule has 2 aromatic heterocycles. The summed E-state index contributed by atoms with van der Waals surface area (Å²) in [5.74, 6) is 0.385. The first-order valence-corrected chi connectivity index (χ1v) is 9.93. The van der Waals surface area contributed by atoms with Gasteiger partial charge in [-0.1, -0.05) is 43.7 Å². The zero-order chi connectivity index (χ0) is 20.8. The molecule has 2 heterocycles. The number of para-hydroxylation sites is 2. The zero-order valence-corrected chi connectivity index (χ0v) is 16.7. The zero-order valence-electron chi connectivity index (χ0n) is 16.7. The Labute approximate surface area is 174 Å². The minimum absolute atomic E-state index is 0.324. The van der Waals surface area contributed by atoms with Crippen LogP contribution in [0, 0.1) is 0 Å². The van der Waals surface area contributed by atoms with Gasteiger partial charge in [0.1, 0.15) is 11.4 Å². The molecule has 0 fully saturated rings. The summed E-state index contributed by atoms with van der Waals surface area (Å²) in [6.45, 7) is 2.77. The first-order chi connectivity index (χ1) is 14.8. The third-order valence-electron chi connectivity index (χ3n) is 4.73. The number of amides is 1. The van der Waals surface area contributed by atoms with E-state index in [4.69, 9.17) is 4.74 Å². The minimum atomic E-state index is -0.366. The van der Waals surface area contributed by atoms with E-state index in [0.29, 0.717) is 18.0 Å². The van der Waals surface area contributed by atoms with Crippen LogP contribution in [0.5, 0.6) is 5.75 Å². The molecule has 2 aromatic carbocycles. The number of unbranched alkanes of at least 4 members (excludes halogenated alkanes) is 1. The van der Waals surface area contributed by atoms with Crippen molar-refractivity contribution in [3.05, 3.63) is 72.1 Å². The summed E-state index contributed by atoms with van der Waals surface area (Å²) in [6, 6.07) is 17.3. The van der Waals surface area contributed by atoms with Crippen LogP contribution < -0.4 is 10.2 Å². The average Bonchev–Trinajstić information content (AvgIpc) is 3.42. The Morgan fingerprint density at radius 2 is 2.03 bits per heavy atom. The van der Waals surface area contributed by atoms with Crippen molar-refractivity contribution in [3.63, 3.8) is 0 Å². The number of carbonyl (C=O) groups excluding carboxylic acids is 1. The maximum absolute atomic E-state index is 12.4. The van der Waals surface area contributed by atoms with E-state index in [1.54, 1.807) is 12.3 Å². The summed E-state index contributed by atoms with van der Waals surface area (Å²) in [4.78, 5) is 15.6. The lowest BCUT2D eigenvalue weighted by Crippen LogP contribution is -2.17. The monoisotopic (exact) mass is 401 g/mol.